The lowest BCUT2D eigenvalue weighted by atomic mass is 9.88. The summed E-state index contributed by atoms with van der Waals surface area (Å²) in [4.78, 5) is 0. The van der Waals surface area contributed by atoms with Crippen LogP contribution in [0.2, 0.25) is 0 Å². The van der Waals surface area contributed by atoms with Crippen LogP contribution in [-0.2, 0) is 6.42 Å². The molecule has 0 heterocycles. The first-order valence-corrected chi connectivity index (χ1v) is 6.56. The normalized spacial score (nSPS) is 11.4. The van der Waals surface area contributed by atoms with Crippen LogP contribution >= 0.6 is 0 Å². The highest BCUT2D eigenvalue weighted by Crippen LogP contribution is 2.30. The van der Waals surface area contributed by atoms with Gasteiger partial charge in [-0.3, -0.25) is 0 Å². The van der Waals surface area contributed by atoms with E-state index in [4.69, 9.17) is 19.7 Å². The molecule has 0 atom stereocenters. The van der Waals surface area contributed by atoms with Crippen molar-refractivity contribution in [3.63, 3.8) is 0 Å². The monoisotopic (exact) mass is 268 g/mol. The van der Waals surface area contributed by atoms with Gasteiger partial charge in [-0.15, -0.1) is 0 Å². The second-order valence-corrected chi connectivity index (χ2v) is 5.65. The second kappa shape index (κ2) is 7.36. The van der Waals surface area contributed by atoms with Crippen LogP contribution in [-0.4, -0.2) is 36.6 Å². The van der Waals surface area contributed by atoms with E-state index in [2.05, 4.69) is 20.8 Å². The van der Waals surface area contributed by atoms with Crippen LogP contribution in [0.15, 0.2) is 18.2 Å². The maximum absolute atomic E-state index is 8.84. The van der Waals surface area contributed by atoms with Crippen molar-refractivity contribution in [2.75, 3.05) is 26.4 Å². The molecule has 108 valence electrons. The minimum absolute atomic E-state index is 0.00226. The molecule has 0 unspecified atom stereocenters. The predicted molar refractivity (Wildman–Crippen MR) is 74.8 cm³/mol. The van der Waals surface area contributed by atoms with Crippen molar-refractivity contribution in [1.82, 2.24) is 0 Å². The van der Waals surface area contributed by atoms with Gasteiger partial charge >= 0.3 is 0 Å². The minimum Gasteiger partial charge on any atom is -0.491 e. The van der Waals surface area contributed by atoms with E-state index in [0.29, 0.717) is 0 Å². The first-order chi connectivity index (χ1) is 8.96. The fraction of sp³-hybridized carbons (Fsp3) is 0.600. The Morgan fingerprint density at radius 2 is 1.63 bits per heavy atom. The molecule has 0 aromatic heterocycles. The van der Waals surface area contributed by atoms with Gasteiger partial charge in [0.25, 0.3) is 0 Å². The maximum Gasteiger partial charge on any atom is 0.122 e. The summed E-state index contributed by atoms with van der Waals surface area (Å²) in [6, 6.07) is 5.60. The lowest BCUT2D eigenvalue weighted by Gasteiger charge is -2.21. The van der Waals surface area contributed by atoms with E-state index in [-0.39, 0.29) is 31.8 Å². The standard InChI is InChI=1S/C15H24O4/c1-15(2,3)11-12-10-13(18-8-6-16)4-5-14(12)19-9-7-17/h4-5,10,16-17H,6-9,11H2,1-3H3. The van der Waals surface area contributed by atoms with Crippen LogP contribution < -0.4 is 9.47 Å². The van der Waals surface area contributed by atoms with Crippen molar-refractivity contribution in [3.8, 4) is 11.5 Å². The first kappa shape index (κ1) is 15.8. The van der Waals surface area contributed by atoms with E-state index >= 15 is 0 Å². The molecular formula is C15H24O4. The summed E-state index contributed by atoms with van der Waals surface area (Å²) in [5, 5.41) is 17.6. The Kier molecular flexibility index (Phi) is 6.12. The molecule has 0 radical (unpaired) electrons. The van der Waals surface area contributed by atoms with Gasteiger partial charge in [0.05, 0.1) is 13.2 Å². The molecule has 1 rings (SSSR count). The molecule has 0 bridgehead atoms. The highest BCUT2D eigenvalue weighted by atomic mass is 16.5. The van der Waals surface area contributed by atoms with Gasteiger partial charge in [-0.2, -0.15) is 0 Å². The van der Waals surface area contributed by atoms with Crippen molar-refractivity contribution in [2.45, 2.75) is 27.2 Å². The quantitative estimate of drug-likeness (QED) is 0.794. The van der Waals surface area contributed by atoms with Crippen LogP contribution in [0.5, 0.6) is 11.5 Å². The third kappa shape index (κ3) is 5.94. The van der Waals surface area contributed by atoms with Gasteiger partial charge < -0.3 is 19.7 Å². The maximum atomic E-state index is 8.84. The van der Waals surface area contributed by atoms with Crippen molar-refractivity contribution in [3.05, 3.63) is 23.8 Å². The van der Waals surface area contributed by atoms with Crippen molar-refractivity contribution < 1.29 is 19.7 Å². The Morgan fingerprint density at radius 1 is 1.00 bits per heavy atom. The van der Waals surface area contributed by atoms with Crippen LogP contribution in [0.4, 0.5) is 0 Å². The van der Waals surface area contributed by atoms with Crippen LogP contribution in [0.1, 0.15) is 26.3 Å². The van der Waals surface area contributed by atoms with E-state index in [1.165, 1.54) is 0 Å². The number of aliphatic hydroxyl groups excluding tert-OH is 2. The van der Waals surface area contributed by atoms with Gasteiger partial charge in [0.1, 0.15) is 24.7 Å². The summed E-state index contributed by atoms with van der Waals surface area (Å²) >= 11 is 0. The Labute approximate surface area is 115 Å². The molecule has 2 N–H and O–H groups in total. The van der Waals surface area contributed by atoms with E-state index in [1.807, 2.05) is 18.2 Å². The summed E-state index contributed by atoms with van der Waals surface area (Å²) in [5.74, 6) is 1.50. The minimum atomic E-state index is -0.00261. The second-order valence-electron chi connectivity index (χ2n) is 5.65. The van der Waals surface area contributed by atoms with E-state index < -0.39 is 0 Å². The van der Waals surface area contributed by atoms with Crippen molar-refractivity contribution in [1.29, 1.82) is 0 Å². The molecule has 0 fully saturated rings. The third-order valence-corrected chi connectivity index (χ3v) is 2.46. The Hall–Kier alpha value is -1.26. The summed E-state index contributed by atoms with van der Waals surface area (Å²) < 4.78 is 11.0. The summed E-state index contributed by atoms with van der Waals surface area (Å²) in [5.41, 5.74) is 1.18. The van der Waals surface area contributed by atoms with E-state index in [9.17, 15) is 0 Å². The van der Waals surface area contributed by atoms with Gasteiger partial charge in [0.15, 0.2) is 0 Å². The highest BCUT2D eigenvalue weighted by molar-refractivity contribution is 5.41. The lowest BCUT2D eigenvalue weighted by molar-refractivity contribution is 0.196. The molecule has 0 spiro atoms. The number of aliphatic hydroxyl groups is 2. The van der Waals surface area contributed by atoms with E-state index in [0.717, 1.165) is 23.5 Å². The molecular weight excluding hydrogens is 244 g/mol. The third-order valence-electron chi connectivity index (χ3n) is 2.46. The molecule has 1 aromatic rings. The number of hydrogen-bond acceptors (Lipinski definition) is 4. The summed E-state index contributed by atoms with van der Waals surface area (Å²) in [6.45, 7) is 7.03. The molecule has 0 saturated heterocycles. The van der Waals surface area contributed by atoms with Crippen LogP contribution in [0, 0.1) is 5.41 Å². The zero-order chi connectivity index (χ0) is 14.3. The SMILES string of the molecule is CC(C)(C)Cc1cc(OCCO)ccc1OCCO. The topological polar surface area (TPSA) is 58.9 Å². The molecule has 4 heteroatoms. The summed E-state index contributed by atoms with van der Waals surface area (Å²) in [7, 11) is 0. The van der Waals surface area contributed by atoms with Crippen LogP contribution in [0.3, 0.4) is 0 Å². The average Bonchev–Trinajstić information content (AvgIpc) is 2.33. The van der Waals surface area contributed by atoms with Crippen LogP contribution in [0.25, 0.3) is 0 Å². The molecule has 4 nitrogen and oxygen atoms in total. The van der Waals surface area contributed by atoms with Gasteiger partial charge in [-0.25, -0.2) is 0 Å². The number of rotatable bonds is 7. The smallest absolute Gasteiger partial charge is 0.122 e. The largest absolute Gasteiger partial charge is 0.491 e. The summed E-state index contributed by atoms with van der Waals surface area (Å²) in [6.07, 6.45) is 0.851. The average molecular weight is 268 g/mol. The van der Waals surface area contributed by atoms with Gasteiger partial charge in [0, 0.05) is 0 Å². The zero-order valence-corrected chi connectivity index (χ0v) is 12.0. The zero-order valence-electron chi connectivity index (χ0n) is 12.0. The van der Waals surface area contributed by atoms with E-state index in [1.54, 1.807) is 0 Å². The Morgan fingerprint density at radius 3 is 2.21 bits per heavy atom. The number of ether oxygens (including phenoxy) is 2. The molecule has 0 saturated carbocycles. The van der Waals surface area contributed by atoms with Gasteiger partial charge in [-0.05, 0) is 35.6 Å². The predicted octanol–water partition coefficient (Wildman–Crippen LogP) is 2.02. The fourth-order valence-electron chi connectivity index (χ4n) is 1.82. The molecule has 0 aliphatic heterocycles. The molecule has 1 aromatic carbocycles. The van der Waals surface area contributed by atoms with Crippen molar-refractivity contribution in [2.24, 2.45) is 5.41 Å². The number of hydrogen-bond donors (Lipinski definition) is 2. The Bertz CT molecular complexity index is 382. The lowest BCUT2D eigenvalue weighted by Crippen LogP contribution is -2.12. The molecule has 0 amide bonds. The van der Waals surface area contributed by atoms with Gasteiger partial charge in [-0.1, -0.05) is 20.8 Å². The van der Waals surface area contributed by atoms with Gasteiger partial charge in [0.2, 0.25) is 0 Å². The first-order valence-electron chi connectivity index (χ1n) is 6.56. The number of benzene rings is 1. The molecule has 0 aliphatic carbocycles. The fourth-order valence-corrected chi connectivity index (χ4v) is 1.82. The Balaban J connectivity index is 2.90. The molecule has 0 aliphatic rings. The molecule has 19 heavy (non-hydrogen) atoms. The van der Waals surface area contributed by atoms with Crippen molar-refractivity contribution >= 4 is 0 Å². The highest BCUT2D eigenvalue weighted by Gasteiger charge is 2.16.